The average Bonchev–Trinajstić information content (AvgIpc) is 1.59. The molecule has 3 fully saturated rings. The fourth-order valence-electron chi connectivity index (χ4n) is 14.7. The molecule has 2 atom stereocenters. The third-order valence-corrected chi connectivity index (χ3v) is 20.8. The van der Waals surface area contributed by atoms with Crippen LogP contribution in [-0.4, -0.2) is 190 Å². The van der Waals surface area contributed by atoms with E-state index in [-0.39, 0.29) is 55.6 Å². The molecule has 542 valence electrons. The molecule has 10 rings (SSSR count). The van der Waals surface area contributed by atoms with Gasteiger partial charge in [0.15, 0.2) is 0 Å². The first-order chi connectivity index (χ1) is 48.2. The summed E-state index contributed by atoms with van der Waals surface area (Å²) in [7, 11) is 7.46. The number of hydrogen-bond acceptors (Lipinski definition) is 11. The summed E-state index contributed by atoms with van der Waals surface area (Å²) >= 11 is 0. The van der Waals surface area contributed by atoms with Crippen LogP contribution in [-0.2, 0) is 60.1 Å². The van der Waals surface area contributed by atoms with Crippen LogP contribution in [0.4, 0.5) is 41.2 Å². The summed E-state index contributed by atoms with van der Waals surface area (Å²) in [5.41, 5.74) is 3.61. The fourth-order valence-corrected chi connectivity index (χ4v) is 14.7. The van der Waals surface area contributed by atoms with Crippen LogP contribution in [0.3, 0.4) is 0 Å². The van der Waals surface area contributed by atoms with Crippen molar-refractivity contribution in [2.24, 2.45) is 0 Å². The lowest BCUT2D eigenvalue weighted by molar-refractivity contribution is -0.143. The summed E-state index contributed by atoms with van der Waals surface area (Å²) in [6.45, 7) is 10.3. The van der Waals surface area contributed by atoms with E-state index in [1.165, 1.54) is 35.4 Å². The highest BCUT2D eigenvalue weighted by molar-refractivity contribution is 5.96. The Balaban J connectivity index is 0.617. The number of likely N-dealkylation sites (tertiary alicyclic amines) is 2. The summed E-state index contributed by atoms with van der Waals surface area (Å²) < 4.78 is 116. The molecule has 5 amide bonds. The molecule has 4 aliphatic rings. The molecule has 1 spiro atoms. The SMILES string of the molecule is Cc1cc(C(=O)N(C)CCCN(C)C(=O)CO[C@H]2Cc3ccccc3C23CCN(CC[C@]2(c4ccc(F)cc4)CN(C(=O)c4cc(C(F)(F)F)cc(C(F)(F)F)c4)CO2)CC3)cc(C)c1CN(C)CCCCCC(=O)N(C)CCN1CCC(OC(=O)Nc2ccccc2-c2ccccc2)CC1. The van der Waals surface area contributed by atoms with Crippen LogP contribution in [0.1, 0.15) is 129 Å². The highest BCUT2D eigenvalue weighted by Gasteiger charge is 2.50. The molecule has 0 saturated carbocycles. The molecule has 1 N–H and O–H groups in total. The summed E-state index contributed by atoms with van der Waals surface area (Å²) in [5.74, 6) is -1.76. The number of hydrogen-bond donors (Lipinski definition) is 1. The van der Waals surface area contributed by atoms with E-state index in [1.807, 2.05) is 105 Å². The van der Waals surface area contributed by atoms with Crippen molar-refractivity contribution in [1.29, 1.82) is 0 Å². The lowest BCUT2D eigenvalue weighted by Gasteiger charge is -2.44. The Bertz CT molecular complexity index is 3790. The van der Waals surface area contributed by atoms with Gasteiger partial charge in [-0.3, -0.25) is 24.5 Å². The molecular weight excluding hydrogens is 1310 g/mol. The molecule has 0 bridgehead atoms. The fraction of sp³-hybridized carbons (Fsp3) is 0.474. The van der Waals surface area contributed by atoms with Gasteiger partial charge in [0.2, 0.25) is 11.8 Å². The highest BCUT2D eigenvalue weighted by Crippen LogP contribution is 2.49. The number of para-hydroxylation sites is 1. The molecule has 6 aromatic carbocycles. The third-order valence-electron chi connectivity index (χ3n) is 20.8. The van der Waals surface area contributed by atoms with Crippen LogP contribution in [0.15, 0.2) is 133 Å². The first-order valence-electron chi connectivity index (χ1n) is 35.0. The second kappa shape index (κ2) is 33.3. The quantitative estimate of drug-likeness (QED) is 0.0388. The zero-order valence-corrected chi connectivity index (χ0v) is 58.6. The first-order valence-corrected chi connectivity index (χ1v) is 35.0. The van der Waals surface area contributed by atoms with Crippen LogP contribution >= 0.6 is 0 Å². The van der Waals surface area contributed by atoms with E-state index in [2.05, 4.69) is 39.2 Å². The predicted molar refractivity (Wildman–Crippen MR) is 372 cm³/mol. The number of aryl methyl sites for hydroxylation is 2. The Morgan fingerprint density at radius 1 is 0.644 bits per heavy atom. The Morgan fingerprint density at radius 2 is 1.27 bits per heavy atom. The normalized spacial score (nSPS) is 18.0. The van der Waals surface area contributed by atoms with Gasteiger partial charge in [0.1, 0.15) is 30.9 Å². The van der Waals surface area contributed by atoms with Crippen LogP contribution in [0, 0.1) is 19.7 Å². The molecule has 0 aromatic heterocycles. The maximum Gasteiger partial charge on any atom is 0.416 e. The van der Waals surface area contributed by atoms with E-state index in [9.17, 15) is 54.7 Å². The number of unbranched alkanes of at least 4 members (excludes halogenated alkanes) is 2. The molecule has 3 aliphatic heterocycles. The van der Waals surface area contributed by atoms with Gasteiger partial charge in [-0.2, -0.15) is 26.3 Å². The summed E-state index contributed by atoms with van der Waals surface area (Å²) in [5, 5.41) is 2.94. The molecule has 0 unspecified atom stereocenters. The minimum atomic E-state index is -5.15. The number of anilines is 1. The van der Waals surface area contributed by atoms with Gasteiger partial charge in [0.05, 0.1) is 29.5 Å². The van der Waals surface area contributed by atoms with Crippen molar-refractivity contribution in [3.8, 4) is 11.1 Å². The number of rotatable bonds is 27. The maximum atomic E-state index is 14.3. The molecule has 3 heterocycles. The number of carbonyl (C=O) groups excluding carboxylic acids is 5. The largest absolute Gasteiger partial charge is 0.446 e. The van der Waals surface area contributed by atoms with Gasteiger partial charge < -0.3 is 48.5 Å². The van der Waals surface area contributed by atoms with E-state index in [4.69, 9.17) is 14.2 Å². The Hall–Kier alpha value is -8.22. The zero-order valence-electron chi connectivity index (χ0n) is 58.6. The van der Waals surface area contributed by atoms with Crippen molar-refractivity contribution in [3.63, 3.8) is 0 Å². The number of alkyl halides is 6. The van der Waals surface area contributed by atoms with E-state index >= 15 is 0 Å². The molecule has 0 radical (unpaired) electrons. The summed E-state index contributed by atoms with van der Waals surface area (Å²) in [6, 6.07) is 35.9. The van der Waals surface area contributed by atoms with Crippen molar-refractivity contribution in [3.05, 3.63) is 195 Å². The predicted octanol–water partition coefficient (Wildman–Crippen LogP) is 13.6. The minimum absolute atomic E-state index is 0.0264. The first kappa shape index (κ1) is 75.4. The maximum absolute atomic E-state index is 14.3. The van der Waals surface area contributed by atoms with E-state index in [0.29, 0.717) is 100 Å². The van der Waals surface area contributed by atoms with Gasteiger partial charge in [-0.15, -0.1) is 0 Å². The van der Waals surface area contributed by atoms with Crippen LogP contribution in [0.5, 0.6) is 0 Å². The number of carbonyl (C=O) groups is 5. The Morgan fingerprint density at radius 3 is 1.95 bits per heavy atom. The standard InChI is InChI=1S/C78H93F7N8O8/c1-54-44-58(45-55(2)66(54)50-87(3)34-16-8-11-24-70(94)89(5)42-43-91-37-29-64(30-38-91)101-74(98)86-68-23-15-13-21-65(68)56-18-9-7-10-19-56)72(96)90(6)36-17-35-88(4)71(95)51-99-69-48-57-20-12-14-22-67(57)75(69)31-39-92(40-32-75)41-33-76(60-25-27-63(79)28-26-60)52-93(53-100-76)73(97)59-46-61(77(80,81)82)49-62(47-59)78(83,84)85/h7,9-10,12-15,18-23,25-28,44-47,49,64,69H,8,11,16-17,24,29-43,48,50-53H2,1-6H3,(H,86,98)/t69-,76+/m0/s1. The summed E-state index contributed by atoms with van der Waals surface area (Å²) in [6.07, 6.45) is -3.83. The lowest BCUT2D eigenvalue weighted by atomic mass is 9.72. The molecular formula is C78H93F7N8O8. The molecule has 6 aromatic rings. The number of likely N-dealkylation sites (N-methyl/N-ethyl adjacent to an activating group) is 2. The van der Waals surface area contributed by atoms with E-state index in [0.717, 1.165) is 97.5 Å². The van der Waals surface area contributed by atoms with Crippen LogP contribution in [0.25, 0.3) is 11.1 Å². The molecule has 23 heteroatoms. The number of ether oxygens (including phenoxy) is 3. The van der Waals surface area contributed by atoms with Gasteiger partial charge in [-0.05, 0) is 186 Å². The zero-order chi connectivity index (χ0) is 72.2. The average molecular weight is 1400 g/mol. The van der Waals surface area contributed by atoms with Crippen molar-refractivity contribution < 1.29 is 68.9 Å². The second-order valence-electron chi connectivity index (χ2n) is 27.8. The molecule has 1 aliphatic carbocycles. The number of nitrogens with one attached hydrogen (secondary N) is 1. The van der Waals surface area contributed by atoms with Crippen molar-refractivity contribution in [2.45, 2.75) is 127 Å². The molecule has 3 saturated heterocycles. The monoisotopic (exact) mass is 1400 g/mol. The number of piperidine rings is 2. The molecule has 16 nitrogen and oxygen atoms in total. The number of fused-ring (bicyclic) bond motifs is 2. The van der Waals surface area contributed by atoms with E-state index < -0.39 is 64.6 Å². The van der Waals surface area contributed by atoms with Crippen molar-refractivity contribution in [2.75, 3.05) is 119 Å². The number of nitrogens with zero attached hydrogens (tertiary/aromatic N) is 7. The summed E-state index contributed by atoms with van der Waals surface area (Å²) in [4.78, 5) is 80.4. The van der Waals surface area contributed by atoms with Crippen LogP contribution < -0.4 is 5.32 Å². The van der Waals surface area contributed by atoms with Gasteiger partial charge >= 0.3 is 18.4 Å². The topological polar surface area (TPSA) is 148 Å². The Labute approximate surface area is 587 Å². The van der Waals surface area contributed by atoms with Gasteiger partial charge in [0.25, 0.3) is 11.8 Å². The Kier molecular flexibility index (Phi) is 24.9. The van der Waals surface area contributed by atoms with E-state index in [1.54, 1.807) is 23.9 Å². The van der Waals surface area contributed by atoms with Crippen molar-refractivity contribution >= 4 is 35.4 Å². The van der Waals surface area contributed by atoms with Gasteiger partial charge in [-0.1, -0.05) is 91.3 Å². The lowest BCUT2D eigenvalue weighted by Crippen LogP contribution is -2.50. The van der Waals surface area contributed by atoms with Crippen molar-refractivity contribution in [1.82, 2.24) is 34.3 Å². The minimum Gasteiger partial charge on any atom is -0.446 e. The second-order valence-corrected chi connectivity index (χ2v) is 27.8. The van der Waals surface area contributed by atoms with Gasteiger partial charge in [0, 0.05) is 102 Å². The van der Waals surface area contributed by atoms with Gasteiger partial charge in [-0.25, -0.2) is 9.18 Å². The number of amides is 5. The number of halogens is 7. The number of benzene rings is 6. The smallest absolute Gasteiger partial charge is 0.416 e. The van der Waals surface area contributed by atoms with Crippen LogP contribution in [0.2, 0.25) is 0 Å². The highest BCUT2D eigenvalue weighted by atomic mass is 19.4. The molecule has 101 heavy (non-hydrogen) atoms. The third kappa shape index (κ3) is 19.1.